The number of amides is 1. The fourth-order valence-electron chi connectivity index (χ4n) is 3.77. The highest BCUT2D eigenvalue weighted by Crippen LogP contribution is 2.45. The molecule has 1 heterocycles. The van der Waals surface area contributed by atoms with E-state index < -0.39 is 5.41 Å². The van der Waals surface area contributed by atoms with Crippen molar-refractivity contribution < 1.29 is 4.79 Å². The molecule has 0 bridgehead atoms. The summed E-state index contributed by atoms with van der Waals surface area (Å²) in [5, 5.41) is 3.05. The van der Waals surface area contributed by atoms with Crippen LogP contribution < -0.4 is 11.1 Å². The Morgan fingerprint density at radius 1 is 1.38 bits per heavy atom. The number of likely N-dealkylation sites (tertiary alicyclic amines) is 1. The summed E-state index contributed by atoms with van der Waals surface area (Å²) in [5.41, 5.74) is 5.24. The molecule has 5 heteroatoms. The first-order valence-corrected chi connectivity index (χ1v) is 8.69. The summed E-state index contributed by atoms with van der Waals surface area (Å²) >= 11 is 5.12. The van der Waals surface area contributed by atoms with Gasteiger partial charge in [0.05, 0.1) is 10.4 Å². The number of carbonyl (C=O) groups is 1. The van der Waals surface area contributed by atoms with E-state index in [0.717, 1.165) is 32.4 Å². The molecule has 2 aliphatic rings. The molecule has 1 aliphatic heterocycles. The number of nitrogens with zero attached hydrogens (tertiary/aromatic N) is 1. The number of rotatable bonds is 6. The molecule has 0 aromatic carbocycles. The van der Waals surface area contributed by atoms with Gasteiger partial charge in [0.25, 0.3) is 0 Å². The Kier molecular flexibility index (Phi) is 5.60. The van der Waals surface area contributed by atoms with Gasteiger partial charge in [-0.2, -0.15) is 0 Å². The monoisotopic (exact) mass is 311 g/mol. The van der Waals surface area contributed by atoms with E-state index in [1.165, 1.54) is 25.8 Å². The number of hydrogen-bond acceptors (Lipinski definition) is 3. The van der Waals surface area contributed by atoms with Gasteiger partial charge in [0.1, 0.15) is 0 Å². The summed E-state index contributed by atoms with van der Waals surface area (Å²) in [6.07, 6.45) is 6.56. The van der Waals surface area contributed by atoms with Gasteiger partial charge in [0, 0.05) is 19.1 Å². The molecule has 1 saturated carbocycles. The van der Waals surface area contributed by atoms with Crippen LogP contribution in [-0.4, -0.2) is 41.5 Å². The predicted molar refractivity (Wildman–Crippen MR) is 90.1 cm³/mol. The van der Waals surface area contributed by atoms with Gasteiger partial charge in [-0.25, -0.2) is 0 Å². The van der Waals surface area contributed by atoms with E-state index in [9.17, 15) is 4.79 Å². The number of thiocarbonyl (C=S) groups is 1. The summed E-state index contributed by atoms with van der Waals surface area (Å²) in [6.45, 7) is 7.43. The molecule has 1 atom stereocenters. The lowest BCUT2D eigenvalue weighted by Gasteiger charge is -2.44. The maximum absolute atomic E-state index is 12.4. The smallest absolute Gasteiger partial charge is 0.233 e. The van der Waals surface area contributed by atoms with Crippen molar-refractivity contribution in [2.24, 2.45) is 17.1 Å². The van der Waals surface area contributed by atoms with Crippen molar-refractivity contribution in [3.05, 3.63) is 0 Å². The molecule has 1 aliphatic carbocycles. The fraction of sp³-hybridized carbons (Fsp3) is 0.875. The number of nitrogens with two attached hydrogens (primary N) is 1. The topological polar surface area (TPSA) is 58.4 Å². The van der Waals surface area contributed by atoms with E-state index in [1.807, 2.05) is 0 Å². The van der Waals surface area contributed by atoms with Gasteiger partial charge in [-0.3, -0.25) is 4.79 Å². The summed E-state index contributed by atoms with van der Waals surface area (Å²) in [4.78, 5) is 15.3. The van der Waals surface area contributed by atoms with Crippen LogP contribution in [0.3, 0.4) is 0 Å². The predicted octanol–water partition coefficient (Wildman–Crippen LogP) is 2.07. The van der Waals surface area contributed by atoms with E-state index in [2.05, 4.69) is 24.1 Å². The molecule has 2 rings (SSSR count). The molecule has 3 N–H and O–H groups in total. The highest BCUT2D eigenvalue weighted by Gasteiger charge is 2.50. The second-order valence-electron chi connectivity index (χ2n) is 6.95. The SMILES string of the molecule is CC1CC(C(=O)NCCCN2CCCCC2C)(C(N)=S)C1. The molecule has 1 amide bonds. The van der Waals surface area contributed by atoms with Crippen molar-refractivity contribution in [1.29, 1.82) is 0 Å². The molecular weight excluding hydrogens is 282 g/mol. The van der Waals surface area contributed by atoms with Crippen molar-refractivity contribution in [1.82, 2.24) is 10.2 Å². The molecule has 4 nitrogen and oxygen atoms in total. The van der Waals surface area contributed by atoms with Gasteiger partial charge < -0.3 is 16.0 Å². The zero-order chi connectivity index (χ0) is 15.5. The third kappa shape index (κ3) is 3.75. The molecule has 21 heavy (non-hydrogen) atoms. The Morgan fingerprint density at radius 3 is 2.67 bits per heavy atom. The van der Waals surface area contributed by atoms with E-state index in [1.54, 1.807) is 0 Å². The molecule has 0 aromatic heterocycles. The van der Waals surface area contributed by atoms with Crippen LogP contribution in [0.25, 0.3) is 0 Å². The standard InChI is InChI=1S/C16H29N3OS/c1-12-10-16(11-12,14(17)21)15(20)18-7-5-9-19-8-4-3-6-13(19)2/h12-13H,3-11H2,1-2H3,(H2,17,21)(H,18,20). The third-order valence-electron chi connectivity index (χ3n) is 5.15. The van der Waals surface area contributed by atoms with Gasteiger partial charge in [-0.15, -0.1) is 0 Å². The van der Waals surface area contributed by atoms with Crippen LogP contribution in [0.2, 0.25) is 0 Å². The highest BCUT2D eigenvalue weighted by molar-refractivity contribution is 7.80. The first-order chi connectivity index (χ1) is 9.95. The van der Waals surface area contributed by atoms with Crippen LogP contribution >= 0.6 is 12.2 Å². The van der Waals surface area contributed by atoms with Gasteiger partial charge >= 0.3 is 0 Å². The third-order valence-corrected chi connectivity index (χ3v) is 5.54. The van der Waals surface area contributed by atoms with E-state index in [4.69, 9.17) is 18.0 Å². The van der Waals surface area contributed by atoms with Gasteiger partial charge in [-0.05, 0) is 51.5 Å². The van der Waals surface area contributed by atoms with Crippen molar-refractivity contribution >= 4 is 23.1 Å². The van der Waals surface area contributed by atoms with Crippen molar-refractivity contribution in [3.8, 4) is 0 Å². The second kappa shape index (κ2) is 7.05. The molecule has 120 valence electrons. The van der Waals surface area contributed by atoms with Crippen molar-refractivity contribution in [2.75, 3.05) is 19.6 Å². The minimum atomic E-state index is -0.562. The first-order valence-electron chi connectivity index (χ1n) is 8.28. The normalized spacial score (nSPS) is 33.2. The molecule has 0 spiro atoms. The first kappa shape index (κ1) is 16.7. The Balaban J connectivity index is 1.70. The largest absolute Gasteiger partial charge is 0.392 e. The summed E-state index contributed by atoms with van der Waals surface area (Å²) < 4.78 is 0. The van der Waals surface area contributed by atoms with Crippen LogP contribution in [0.4, 0.5) is 0 Å². The van der Waals surface area contributed by atoms with Crippen LogP contribution in [-0.2, 0) is 4.79 Å². The van der Waals surface area contributed by atoms with Crippen LogP contribution in [0.5, 0.6) is 0 Å². The summed E-state index contributed by atoms with van der Waals surface area (Å²) in [7, 11) is 0. The highest BCUT2D eigenvalue weighted by atomic mass is 32.1. The zero-order valence-corrected chi connectivity index (χ0v) is 14.2. The molecule has 0 radical (unpaired) electrons. The Labute approximate surface area is 133 Å². The lowest BCUT2D eigenvalue weighted by Crippen LogP contribution is -2.56. The number of carbonyl (C=O) groups excluding carboxylic acids is 1. The summed E-state index contributed by atoms with van der Waals surface area (Å²) in [5.74, 6) is 0.589. The van der Waals surface area contributed by atoms with Gasteiger partial charge in [-0.1, -0.05) is 25.6 Å². The second-order valence-corrected chi connectivity index (χ2v) is 7.39. The molecule has 1 unspecified atom stereocenters. The minimum absolute atomic E-state index is 0.0415. The lowest BCUT2D eigenvalue weighted by atomic mass is 9.62. The quantitative estimate of drug-likeness (QED) is 0.582. The lowest BCUT2D eigenvalue weighted by molar-refractivity contribution is -0.132. The maximum Gasteiger partial charge on any atom is 0.233 e. The van der Waals surface area contributed by atoms with E-state index >= 15 is 0 Å². The Hall–Kier alpha value is -0.680. The maximum atomic E-state index is 12.4. The number of hydrogen-bond donors (Lipinski definition) is 2. The van der Waals surface area contributed by atoms with E-state index in [0.29, 0.717) is 16.9 Å². The zero-order valence-electron chi connectivity index (χ0n) is 13.4. The van der Waals surface area contributed by atoms with Crippen LogP contribution in [0, 0.1) is 11.3 Å². The van der Waals surface area contributed by atoms with Crippen LogP contribution in [0.15, 0.2) is 0 Å². The van der Waals surface area contributed by atoms with Crippen LogP contribution in [0.1, 0.15) is 52.4 Å². The molecular formula is C16H29N3OS. The van der Waals surface area contributed by atoms with Crippen molar-refractivity contribution in [2.45, 2.75) is 58.4 Å². The Bertz CT molecular complexity index is 393. The number of nitrogens with one attached hydrogen (secondary N) is 1. The summed E-state index contributed by atoms with van der Waals surface area (Å²) in [6, 6.07) is 0.685. The molecule has 2 fully saturated rings. The van der Waals surface area contributed by atoms with Gasteiger partial charge in [0.2, 0.25) is 5.91 Å². The van der Waals surface area contributed by atoms with Crippen molar-refractivity contribution in [3.63, 3.8) is 0 Å². The Morgan fingerprint density at radius 2 is 2.10 bits per heavy atom. The molecule has 1 saturated heterocycles. The fourth-order valence-corrected chi connectivity index (χ4v) is 4.03. The average molecular weight is 311 g/mol. The van der Waals surface area contributed by atoms with Gasteiger partial charge in [0.15, 0.2) is 0 Å². The minimum Gasteiger partial charge on any atom is -0.392 e. The van der Waals surface area contributed by atoms with E-state index in [-0.39, 0.29) is 5.91 Å². The average Bonchev–Trinajstić information content (AvgIpc) is 2.41. The molecule has 0 aromatic rings. The number of piperidine rings is 1.